The number of hydrogen-bond donors (Lipinski definition) is 0. The zero-order chi connectivity index (χ0) is 17.7. The highest BCUT2D eigenvalue weighted by molar-refractivity contribution is 6.50. The average Bonchev–Trinajstić information content (AvgIpc) is 2.61. The van der Waals surface area contributed by atoms with Gasteiger partial charge in [0, 0.05) is 12.2 Å². The van der Waals surface area contributed by atoms with Crippen LogP contribution in [0.3, 0.4) is 0 Å². The average molecular weight is 404 g/mol. The Morgan fingerprint density at radius 3 is 2.08 bits per heavy atom. The molecule has 0 spiro atoms. The number of rotatable bonds is 6. The van der Waals surface area contributed by atoms with Crippen LogP contribution in [0.1, 0.15) is 12.5 Å². The maximum atomic E-state index is 9.06. The third-order valence-electron chi connectivity index (χ3n) is 3.45. The summed E-state index contributed by atoms with van der Waals surface area (Å²) in [7, 11) is 0. The molecule has 0 atom stereocenters. The molecule has 0 aliphatic carbocycles. The van der Waals surface area contributed by atoms with E-state index in [1.54, 1.807) is 0 Å². The van der Waals surface area contributed by atoms with E-state index in [2.05, 4.69) is 11.8 Å². The number of anilines is 1. The molecule has 24 heavy (non-hydrogen) atoms. The van der Waals surface area contributed by atoms with Crippen LogP contribution in [0.2, 0.25) is 20.1 Å². The van der Waals surface area contributed by atoms with E-state index in [1.165, 1.54) is 0 Å². The molecule has 0 fully saturated rings. The molecule has 0 amide bonds. The van der Waals surface area contributed by atoms with Crippen molar-refractivity contribution >= 4 is 52.1 Å². The summed E-state index contributed by atoms with van der Waals surface area (Å²) in [5, 5.41) is 9.32. The van der Waals surface area contributed by atoms with Crippen molar-refractivity contribution in [2.45, 2.75) is 6.92 Å². The van der Waals surface area contributed by atoms with Gasteiger partial charge in [-0.1, -0.05) is 64.6 Å². The number of ether oxygens (including phenoxy) is 1. The molecule has 2 aromatic carbocycles. The van der Waals surface area contributed by atoms with Crippen LogP contribution in [0, 0.1) is 11.3 Å². The van der Waals surface area contributed by atoms with Crippen LogP contribution in [0.5, 0.6) is 5.75 Å². The lowest BCUT2D eigenvalue weighted by Gasteiger charge is -2.23. The largest absolute Gasteiger partial charge is 0.488 e. The smallest absolute Gasteiger partial charge is 0.159 e. The van der Waals surface area contributed by atoms with E-state index in [4.69, 9.17) is 56.4 Å². The van der Waals surface area contributed by atoms with Crippen molar-refractivity contribution in [3.63, 3.8) is 0 Å². The zero-order valence-electron chi connectivity index (χ0n) is 12.8. The molecular weight excluding hydrogens is 390 g/mol. The van der Waals surface area contributed by atoms with E-state index in [1.807, 2.05) is 36.4 Å². The molecule has 0 N–H and O–H groups in total. The lowest BCUT2D eigenvalue weighted by molar-refractivity contribution is 0.324. The summed E-state index contributed by atoms with van der Waals surface area (Å²) in [4.78, 5) is 2.15. The Balaban J connectivity index is 2.14. The van der Waals surface area contributed by atoms with Gasteiger partial charge in [0.15, 0.2) is 5.75 Å². The molecular formula is C17H14Cl4N2O. The molecule has 0 aliphatic rings. The van der Waals surface area contributed by atoms with Crippen LogP contribution in [0.4, 0.5) is 5.69 Å². The molecule has 0 heterocycles. The Hall–Kier alpha value is -1.31. The minimum absolute atomic E-state index is 0.0407. The first-order valence-electron chi connectivity index (χ1n) is 7.20. The number of hydrogen-bond acceptors (Lipinski definition) is 3. The van der Waals surface area contributed by atoms with Gasteiger partial charge in [0.2, 0.25) is 0 Å². The van der Waals surface area contributed by atoms with Crippen molar-refractivity contribution in [2.24, 2.45) is 0 Å². The fourth-order valence-electron chi connectivity index (χ4n) is 2.20. The van der Waals surface area contributed by atoms with E-state index < -0.39 is 0 Å². The highest BCUT2D eigenvalue weighted by atomic mass is 35.5. The normalized spacial score (nSPS) is 10.3. The van der Waals surface area contributed by atoms with Gasteiger partial charge in [-0.2, -0.15) is 5.26 Å². The summed E-state index contributed by atoms with van der Waals surface area (Å²) in [6.07, 6.45) is 0. The number of nitriles is 1. The van der Waals surface area contributed by atoms with Crippen molar-refractivity contribution < 1.29 is 4.74 Å². The van der Waals surface area contributed by atoms with Crippen molar-refractivity contribution in [1.82, 2.24) is 0 Å². The number of para-hydroxylation sites is 1. The first-order chi connectivity index (χ1) is 11.5. The van der Waals surface area contributed by atoms with Crippen molar-refractivity contribution in [3.05, 3.63) is 56.0 Å². The summed E-state index contributed by atoms with van der Waals surface area (Å²) in [6.45, 7) is 3.84. The third kappa shape index (κ3) is 4.02. The lowest BCUT2D eigenvalue weighted by Crippen LogP contribution is -2.28. The molecule has 2 rings (SSSR count). The van der Waals surface area contributed by atoms with Crippen LogP contribution in [0.25, 0.3) is 0 Å². The van der Waals surface area contributed by atoms with E-state index in [-0.39, 0.29) is 31.4 Å². The Labute approximate surface area is 161 Å². The number of nitrogens with zero attached hydrogens (tertiary/aromatic N) is 2. The Morgan fingerprint density at radius 1 is 1.00 bits per heavy atom. The number of halogens is 4. The van der Waals surface area contributed by atoms with Gasteiger partial charge in [0.05, 0.1) is 22.2 Å². The summed E-state index contributed by atoms with van der Waals surface area (Å²) in [5.74, 6) is 0.191. The van der Waals surface area contributed by atoms with E-state index in [9.17, 15) is 0 Å². The molecule has 0 aliphatic heterocycles. The summed E-state index contributed by atoms with van der Waals surface area (Å²) >= 11 is 24.4. The van der Waals surface area contributed by atoms with E-state index in [0.717, 1.165) is 12.2 Å². The lowest BCUT2D eigenvalue weighted by atomic mass is 10.2. The zero-order valence-corrected chi connectivity index (χ0v) is 15.8. The molecule has 0 unspecified atom stereocenters. The van der Waals surface area contributed by atoms with Gasteiger partial charge in [0.25, 0.3) is 0 Å². The second kappa shape index (κ2) is 8.69. The van der Waals surface area contributed by atoms with Gasteiger partial charge >= 0.3 is 0 Å². The Morgan fingerprint density at radius 2 is 1.58 bits per heavy atom. The molecule has 0 aromatic heterocycles. The van der Waals surface area contributed by atoms with Crippen molar-refractivity contribution in [3.8, 4) is 11.8 Å². The summed E-state index contributed by atoms with van der Waals surface area (Å²) in [5.41, 5.74) is 1.14. The van der Waals surface area contributed by atoms with Gasteiger partial charge in [-0.25, -0.2) is 0 Å². The highest BCUT2D eigenvalue weighted by Crippen LogP contribution is 2.45. The molecule has 3 nitrogen and oxygen atoms in total. The van der Waals surface area contributed by atoms with E-state index >= 15 is 0 Å². The third-order valence-corrected chi connectivity index (χ3v) is 5.12. The first-order valence-corrected chi connectivity index (χ1v) is 8.71. The predicted octanol–water partition coefficient (Wildman–Crippen LogP) is 6.08. The van der Waals surface area contributed by atoms with Crippen LogP contribution in [-0.4, -0.2) is 19.7 Å². The van der Waals surface area contributed by atoms with Crippen LogP contribution >= 0.6 is 46.4 Å². The number of benzene rings is 2. The van der Waals surface area contributed by atoms with E-state index in [0.29, 0.717) is 13.2 Å². The second-order valence-electron chi connectivity index (χ2n) is 4.84. The van der Waals surface area contributed by atoms with Gasteiger partial charge in [-0.05, 0) is 19.1 Å². The maximum absolute atomic E-state index is 9.06. The first kappa shape index (κ1) is 19.0. The SMILES string of the molecule is CCN(CCOc1c(Cl)c(Cl)c(C#N)c(Cl)c1Cl)c1ccccc1. The molecule has 0 saturated heterocycles. The standard InChI is InChI=1S/C17H14Cl4N2O/c1-2-23(11-6-4-3-5-7-11)8-9-24-17-15(20)13(18)12(10-22)14(19)16(17)21/h3-7H,2,8-9H2,1H3. The quantitative estimate of drug-likeness (QED) is 0.548. The van der Waals surface area contributed by atoms with Crippen molar-refractivity contribution in [1.29, 1.82) is 5.26 Å². The fraction of sp³-hybridized carbons (Fsp3) is 0.235. The predicted molar refractivity (Wildman–Crippen MR) is 101 cm³/mol. The van der Waals surface area contributed by atoms with Gasteiger partial charge in [-0.3, -0.25) is 0 Å². The van der Waals surface area contributed by atoms with Gasteiger partial charge < -0.3 is 9.64 Å². The van der Waals surface area contributed by atoms with Crippen LogP contribution in [-0.2, 0) is 0 Å². The summed E-state index contributed by atoms with van der Waals surface area (Å²) < 4.78 is 5.70. The van der Waals surface area contributed by atoms with Gasteiger partial charge in [-0.15, -0.1) is 0 Å². The van der Waals surface area contributed by atoms with Gasteiger partial charge in [0.1, 0.15) is 22.7 Å². The highest BCUT2D eigenvalue weighted by Gasteiger charge is 2.21. The minimum Gasteiger partial charge on any atom is -0.488 e. The second-order valence-corrected chi connectivity index (χ2v) is 6.35. The molecule has 7 heteroatoms. The molecule has 0 saturated carbocycles. The maximum Gasteiger partial charge on any atom is 0.159 e. The van der Waals surface area contributed by atoms with Crippen LogP contribution in [0.15, 0.2) is 30.3 Å². The van der Waals surface area contributed by atoms with Crippen molar-refractivity contribution in [2.75, 3.05) is 24.6 Å². The monoisotopic (exact) mass is 402 g/mol. The Bertz CT molecular complexity index is 730. The van der Waals surface area contributed by atoms with Crippen LogP contribution < -0.4 is 9.64 Å². The minimum atomic E-state index is 0.0407. The number of likely N-dealkylation sites (N-methyl/N-ethyl adjacent to an activating group) is 1. The topological polar surface area (TPSA) is 36.3 Å². The fourth-order valence-corrected chi connectivity index (χ4v) is 3.23. The molecule has 0 radical (unpaired) electrons. The molecule has 2 aromatic rings. The molecule has 0 bridgehead atoms. The molecule has 126 valence electrons. The Kier molecular flexibility index (Phi) is 6.89. The summed E-state index contributed by atoms with van der Waals surface area (Å²) in [6, 6.07) is 11.9.